The van der Waals surface area contributed by atoms with Gasteiger partial charge in [0, 0.05) is 12.1 Å². The number of nitrogens with zero attached hydrogens (tertiary/aromatic N) is 1. The van der Waals surface area contributed by atoms with Crippen molar-refractivity contribution in [2.45, 2.75) is 13.5 Å². The lowest BCUT2D eigenvalue weighted by Crippen LogP contribution is -2.11. The molecule has 0 spiro atoms. The highest BCUT2D eigenvalue weighted by atomic mass is 19.1. The third-order valence-corrected chi connectivity index (χ3v) is 2.51. The van der Waals surface area contributed by atoms with Crippen LogP contribution in [-0.4, -0.2) is 18.6 Å². The zero-order valence-corrected chi connectivity index (χ0v) is 10.4. The summed E-state index contributed by atoms with van der Waals surface area (Å²) in [5, 5.41) is 3.15. The molecule has 4 nitrogen and oxygen atoms in total. The van der Waals surface area contributed by atoms with Crippen LogP contribution in [0.2, 0.25) is 0 Å². The van der Waals surface area contributed by atoms with E-state index in [1.165, 1.54) is 13.2 Å². The van der Waals surface area contributed by atoms with Crippen molar-refractivity contribution >= 4 is 0 Å². The third-order valence-electron chi connectivity index (χ3n) is 2.51. The smallest absolute Gasteiger partial charge is 0.226 e. The molecule has 0 radical (unpaired) electrons. The molecule has 0 fully saturated rings. The van der Waals surface area contributed by atoms with E-state index in [-0.39, 0.29) is 5.75 Å². The minimum absolute atomic E-state index is 0.180. The number of oxazole rings is 1. The molecule has 5 heteroatoms. The normalized spacial score (nSPS) is 10.6. The fourth-order valence-electron chi connectivity index (χ4n) is 1.57. The van der Waals surface area contributed by atoms with Gasteiger partial charge < -0.3 is 14.5 Å². The Bertz CT molecular complexity index is 525. The SMILES string of the molecule is CCNCc1coc(-c2ccc(F)c(OC)c2)n1. The molecular weight excluding hydrogens is 235 g/mol. The lowest BCUT2D eigenvalue weighted by Gasteiger charge is -2.02. The van der Waals surface area contributed by atoms with Crippen LogP contribution in [0.5, 0.6) is 5.75 Å². The molecule has 1 aromatic carbocycles. The Labute approximate surface area is 105 Å². The van der Waals surface area contributed by atoms with Gasteiger partial charge in [-0.1, -0.05) is 6.92 Å². The predicted molar refractivity (Wildman–Crippen MR) is 65.8 cm³/mol. The lowest BCUT2D eigenvalue weighted by molar-refractivity contribution is 0.386. The predicted octanol–water partition coefficient (Wildman–Crippen LogP) is 2.60. The van der Waals surface area contributed by atoms with E-state index in [0.29, 0.717) is 18.0 Å². The summed E-state index contributed by atoms with van der Waals surface area (Å²) in [6.07, 6.45) is 1.59. The van der Waals surface area contributed by atoms with Gasteiger partial charge in [-0.25, -0.2) is 9.37 Å². The summed E-state index contributed by atoms with van der Waals surface area (Å²) in [4.78, 5) is 4.32. The quantitative estimate of drug-likeness (QED) is 0.886. The second kappa shape index (κ2) is 5.64. The van der Waals surface area contributed by atoms with E-state index in [1.807, 2.05) is 6.92 Å². The number of aromatic nitrogens is 1. The van der Waals surface area contributed by atoms with E-state index >= 15 is 0 Å². The van der Waals surface area contributed by atoms with Crippen LogP contribution in [0.25, 0.3) is 11.5 Å². The number of halogens is 1. The number of hydrogen-bond acceptors (Lipinski definition) is 4. The average Bonchev–Trinajstić information content (AvgIpc) is 2.85. The maximum atomic E-state index is 13.3. The Kier molecular flexibility index (Phi) is 3.94. The fourth-order valence-corrected chi connectivity index (χ4v) is 1.57. The van der Waals surface area contributed by atoms with E-state index in [9.17, 15) is 4.39 Å². The van der Waals surface area contributed by atoms with Gasteiger partial charge in [-0.15, -0.1) is 0 Å². The minimum atomic E-state index is -0.402. The molecule has 2 rings (SSSR count). The fraction of sp³-hybridized carbons (Fsp3) is 0.308. The van der Waals surface area contributed by atoms with Gasteiger partial charge in [-0.05, 0) is 24.7 Å². The number of benzene rings is 1. The van der Waals surface area contributed by atoms with Gasteiger partial charge in [-0.2, -0.15) is 0 Å². The number of methoxy groups -OCH3 is 1. The molecule has 0 amide bonds. The molecular formula is C13H15FN2O2. The molecule has 0 atom stereocenters. The van der Waals surface area contributed by atoms with Crippen molar-refractivity contribution in [1.82, 2.24) is 10.3 Å². The Morgan fingerprint density at radius 3 is 3.00 bits per heavy atom. The topological polar surface area (TPSA) is 47.3 Å². The van der Waals surface area contributed by atoms with E-state index in [4.69, 9.17) is 9.15 Å². The first-order chi connectivity index (χ1) is 8.74. The summed E-state index contributed by atoms with van der Waals surface area (Å²) in [7, 11) is 1.42. The molecule has 2 aromatic rings. The molecule has 0 saturated carbocycles. The molecule has 0 saturated heterocycles. The molecule has 18 heavy (non-hydrogen) atoms. The van der Waals surface area contributed by atoms with Crippen molar-refractivity contribution < 1.29 is 13.5 Å². The van der Waals surface area contributed by atoms with Gasteiger partial charge in [0.15, 0.2) is 11.6 Å². The highest BCUT2D eigenvalue weighted by Gasteiger charge is 2.10. The summed E-state index contributed by atoms with van der Waals surface area (Å²) in [6.45, 7) is 3.54. The lowest BCUT2D eigenvalue weighted by atomic mass is 10.2. The molecule has 1 N–H and O–H groups in total. The van der Waals surface area contributed by atoms with Crippen molar-refractivity contribution in [3.63, 3.8) is 0 Å². The maximum absolute atomic E-state index is 13.3. The first kappa shape index (κ1) is 12.6. The number of nitrogens with one attached hydrogen (secondary N) is 1. The van der Waals surface area contributed by atoms with Gasteiger partial charge in [0.05, 0.1) is 12.8 Å². The van der Waals surface area contributed by atoms with E-state index in [2.05, 4.69) is 10.3 Å². The first-order valence-electron chi connectivity index (χ1n) is 5.73. The van der Waals surface area contributed by atoms with Crippen LogP contribution in [0.4, 0.5) is 4.39 Å². The molecule has 0 aliphatic heterocycles. The zero-order chi connectivity index (χ0) is 13.0. The van der Waals surface area contributed by atoms with Gasteiger partial charge in [0.1, 0.15) is 6.26 Å². The second-order valence-corrected chi connectivity index (χ2v) is 3.77. The molecule has 0 unspecified atom stereocenters. The second-order valence-electron chi connectivity index (χ2n) is 3.77. The highest BCUT2D eigenvalue weighted by molar-refractivity contribution is 5.56. The summed E-state index contributed by atoms with van der Waals surface area (Å²) >= 11 is 0. The number of hydrogen-bond donors (Lipinski definition) is 1. The Hall–Kier alpha value is -1.88. The van der Waals surface area contributed by atoms with Gasteiger partial charge in [-0.3, -0.25) is 0 Å². The van der Waals surface area contributed by atoms with Gasteiger partial charge in [0.2, 0.25) is 5.89 Å². The van der Waals surface area contributed by atoms with E-state index < -0.39 is 5.82 Å². The number of ether oxygens (including phenoxy) is 1. The van der Waals surface area contributed by atoms with Crippen LogP contribution in [0.3, 0.4) is 0 Å². The molecule has 96 valence electrons. The van der Waals surface area contributed by atoms with E-state index in [1.54, 1.807) is 18.4 Å². The molecule has 0 bridgehead atoms. The molecule has 1 heterocycles. The van der Waals surface area contributed by atoms with Gasteiger partial charge >= 0.3 is 0 Å². The summed E-state index contributed by atoms with van der Waals surface area (Å²) in [5.41, 5.74) is 1.51. The monoisotopic (exact) mass is 250 g/mol. The van der Waals surface area contributed by atoms with Crippen molar-refractivity contribution in [2.75, 3.05) is 13.7 Å². The van der Waals surface area contributed by atoms with Crippen LogP contribution >= 0.6 is 0 Å². The Morgan fingerprint density at radius 2 is 2.28 bits per heavy atom. The molecule has 1 aromatic heterocycles. The molecule has 0 aliphatic rings. The molecule has 0 aliphatic carbocycles. The maximum Gasteiger partial charge on any atom is 0.226 e. The van der Waals surface area contributed by atoms with E-state index in [0.717, 1.165) is 12.2 Å². The van der Waals surface area contributed by atoms with Gasteiger partial charge in [0.25, 0.3) is 0 Å². The number of rotatable bonds is 5. The van der Waals surface area contributed by atoms with Crippen molar-refractivity contribution in [1.29, 1.82) is 0 Å². The summed E-state index contributed by atoms with van der Waals surface area (Å²) < 4.78 is 23.6. The van der Waals surface area contributed by atoms with Crippen molar-refractivity contribution in [3.8, 4) is 17.2 Å². The Balaban J connectivity index is 2.23. The summed E-state index contributed by atoms with van der Waals surface area (Å²) in [5.74, 6) is 0.237. The summed E-state index contributed by atoms with van der Waals surface area (Å²) in [6, 6.07) is 4.52. The zero-order valence-electron chi connectivity index (χ0n) is 10.4. The highest BCUT2D eigenvalue weighted by Crippen LogP contribution is 2.25. The van der Waals surface area contributed by atoms with Crippen LogP contribution in [0, 0.1) is 5.82 Å². The van der Waals surface area contributed by atoms with Crippen LogP contribution in [0.15, 0.2) is 28.9 Å². The average molecular weight is 250 g/mol. The third kappa shape index (κ3) is 2.68. The van der Waals surface area contributed by atoms with Crippen LogP contribution in [0.1, 0.15) is 12.6 Å². The van der Waals surface area contributed by atoms with Crippen molar-refractivity contribution in [2.24, 2.45) is 0 Å². The van der Waals surface area contributed by atoms with Crippen LogP contribution in [-0.2, 0) is 6.54 Å². The Morgan fingerprint density at radius 1 is 1.44 bits per heavy atom. The van der Waals surface area contributed by atoms with Crippen molar-refractivity contribution in [3.05, 3.63) is 36.0 Å². The minimum Gasteiger partial charge on any atom is -0.494 e. The largest absolute Gasteiger partial charge is 0.494 e. The van der Waals surface area contributed by atoms with Crippen LogP contribution < -0.4 is 10.1 Å². The standard InChI is InChI=1S/C13H15FN2O2/c1-3-15-7-10-8-18-13(16-10)9-4-5-11(14)12(6-9)17-2/h4-6,8,15H,3,7H2,1-2H3. The first-order valence-corrected chi connectivity index (χ1v) is 5.73.